The van der Waals surface area contributed by atoms with E-state index in [9.17, 15) is 9.18 Å². The minimum atomic E-state index is -1.09. The third-order valence-corrected chi connectivity index (χ3v) is 6.41. The number of amides is 1. The summed E-state index contributed by atoms with van der Waals surface area (Å²) in [4.78, 5) is 20.7. The Hall–Kier alpha value is -3.33. The molecule has 10 heteroatoms. The van der Waals surface area contributed by atoms with Gasteiger partial charge in [0.25, 0.3) is 0 Å². The van der Waals surface area contributed by atoms with Gasteiger partial charge in [0.15, 0.2) is 17.3 Å². The van der Waals surface area contributed by atoms with Crippen LogP contribution in [0.25, 0.3) is 33.4 Å². The fourth-order valence-electron chi connectivity index (χ4n) is 4.31. The number of aromatic nitrogens is 5. The second-order valence-electron chi connectivity index (χ2n) is 8.17. The Morgan fingerprint density at radius 2 is 2.12 bits per heavy atom. The molecule has 2 aliphatic carbocycles. The molecule has 0 spiro atoms. The highest BCUT2D eigenvalue weighted by atomic mass is 35.5. The molecule has 6 rings (SSSR count). The van der Waals surface area contributed by atoms with E-state index in [-0.39, 0.29) is 11.4 Å². The van der Waals surface area contributed by atoms with Crippen molar-refractivity contribution in [1.82, 2.24) is 24.6 Å². The Bertz CT molecular complexity index is 1440. The second kappa shape index (κ2) is 7.09. The summed E-state index contributed by atoms with van der Waals surface area (Å²) in [7, 11) is 0. The summed E-state index contributed by atoms with van der Waals surface area (Å²) in [5, 5.41) is 10.3. The number of imidazole rings is 1. The summed E-state index contributed by atoms with van der Waals surface area (Å²) < 4.78 is 30.2. The molecule has 0 bridgehead atoms. The smallest absolute Gasteiger partial charge is 0.231 e. The van der Waals surface area contributed by atoms with Crippen LogP contribution in [0.15, 0.2) is 30.9 Å². The van der Waals surface area contributed by atoms with Crippen LogP contribution in [0.1, 0.15) is 31.2 Å². The number of nitrogens with zero attached hydrogens (tertiary/aromatic N) is 4. The first-order valence-corrected chi connectivity index (χ1v) is 10.7. The van der Waals surface area contributed by atoms with Crippen molar-refractivity contribution in [1.29, 1.82) is 0 Å². The number of benzene rings is 1. The SMILES string of the molecule is O=C(Nc1cn2cc(-c3c(Cl)c(F)c(C4=CCCC4)c4[nH]ncc34)ncc2n1)C1CC1F. The van der Waals surface area contributed by atoms with Crippen molar-refractivity contribution < 1.29 is 13.6 Å². The van der Waals surface area contributed by atoms with Gasteiger partial charge in [-0.1, -0.05) is 17.7 Å². The molecule has 0 radical (unpaired) electrons. The van der Waals surface area contributed by atoms with Gasteiger partial charge in [-0.3, -0.25) is 14.9 Å². The zero-order valence-corrected chi connectivity index (χ0v) is 17.5. The first-order valence-electron chi connectivity index (χ1n) is 10.3. The lowest BCUT2D eigenvalue weighted by Crippen LogP contribution is -2.15. The zero-order chi connectivity index (χ0) is 22.0. The number of nitrogens with one attached hydrogen (secondary N) is 2. The van der Waals surface area contributed by atoms with Crippen LogP contribution in [0.4, 0.5) is 14.6 Å². The molecule has 32 heavy (non-hydrogen) atoms. The quantitative estimate of drug-likeness (QED) is 0.457. The molecule has 7 nitrogen and oxygen atoms in total. The van der Waals surface area contributed by atoms with E-state index in [0.29, 0.717) is 39.2 Å². The average Bonchev–Trinajstić information content (AvgIpc) is 3.21. The van der Waals surface area contributed by atoms with Gasteiger partial charge in [-0.2, -0.15) is 5.10 Å². The van der Waals surface area contributed by atoms with Gasteiger partial charge in [0.2, 0.25) is 5.91 Å². The molecule has 0 saturated heterocycles. The summed E-state index contributed by atoms with van der Waals surface area (Å²) >= 11 is 6.53. The number of hydrogen-bond acceptors (Lipinski definition) is 4. The van der Waals surface area contributed by atoms with Gasteiger partial charge in [-0.15, -0.1) is 0 Å². The molecule has 2 unspecified atom stereocenters. The molecular weight excluding hydrogens is 438 g/mol. The monoisotopic (exact) mass is 454 g/mol. The maximum atomic E-state index is 15.4. The molecule has 1 amide bonds. The third kappa shape index (κ3) is 2.99. The second-order valence-corrected chi connectivity index (χ2v) is 8.55. The fourth-order valence-corrected chi connectivity index (χ4v) is 4.60. The highest BCUT2D eigenvalue weighted by molar-refractivity contribution is 6.35. The molecule has 2 aliphatic rings. The van der Waals surface area contributed by atoms with E-state index in [1.54, 1.807) is 23.0 Å². The molecule has 1 aromatic carbocycles. The number of hydrogen-bond donors (Lipinski definition) is 2. The normalized spacial score (nSPS) is 20.2. The van der Waals surface area contributed by atoms with Crippen molar-refractivity contribution >= 4 is 45.4 Å². The first-order chi connectivity index (χ1) is 15.5. The number of anilines is 1. The van der Waals surface area contributed by atoms with Crippen molar-refractivity contribution in [3.05, 3.63) is 47.3 Å². The van der Waals surface area contributed by atoms with E-state index >= 15 is 4.39 Å². The summed E-state index contributed by atoms with van der Waals surface area (Å²) in [6.07, 6.45) is 10.3. The molecular formula is C22H17ClF2N6O. The number of alkyl halides is 1. The first kappa shape index (κ1) is 19.4. The summed E-state index contributed by atoms with van der Waals surface area (Å²) in [6, 6.07) is 0. The van der Waals surface area contributed by atoms with Crippen molar-refractivity contribution in [2.24, 2.45) is 5.92 Å². The lowest BCUT2D eigenvalue weighted by atomic mass is 9.97. The van der Waals surface area contributed by atoms with Crippen LogP contribution < -0.4 is 5.32 Å². The number of allylic oxidation sites excluding steroid dienone is 2. The van der Waals surface area contributed by atoms with Gasteiger partial charge < -0.3 is 9.72 Å². The van der Waals surface area contributed by atoms with E-state index in [1.165, 1.54) is 6.20 Å². The number of rotatable bonds is 4. The van der Waals surface area contributed by atoms with Crippen LogP contribution >= 0.6 is 11.6 Å². The van der Waals surface area contributed by atoms with Crippen LogP contribution in [0, 0.1) is 11.7 Å². The average molecular weight is 455 g/mol. The maximum absolute atomic E-state index is 15.4. The van der Waals surface area contributed by atoms with Crippen molar-refractivity contribution in [3.63, 3.8) is 0 Å². The van der Waals surface area contributed by atoms with Crippen LogP contribution in [0.3, 0.4) is 0 Å². The molecule has 1 saturated carbocycles. The Labute approximate surface area is 185 Å². The lowest BCUT2D eigenvalue weighted by Gasteiger charge is -2.13. The van der Waals surface area contributed by atoms with Gasteiger partial charge in [0.1, 0.15) is 6.17 Å². The molecule has 162 valence electrons. The maximum Gasteiger partial charge on any atom is 0.231 e. The van der Waals surface area contributed by atoms with Crippen molar-refractivity contribution in [2.45, 2.75) is 31.9 Å². The van der Waals surface area contributed by atoms with Gasteiger partial charge in [-0.05, 0) is 31.3 Å². The van der Waals surface area contributed by atoms with Crippen LogP contribution in [-0.4, -0.2) is 36.6 Å². The van der Waals surface area contributed by atoms with Gasteiger partial charge >= 0.3 is 0 Å². The fraction of sp³-hybridized carbons (Fsp3) is 0.273. The number of H-pyrrole nitrogens is 1. The molecule has 2 N–H and O–H groups in total. The van der Waals surface area contributed by atoms with Gasteiger partial charge in [-0.25, -0.2) is 13.8 Å². The zero-order valence-electron chi connectivity index (χ0n) is 16.7. The highest BCUT2D eigenvalue weighted by Gasteiger charge is 2.43. The Morgan fingerprint density at radius 3 is 2.88 bits per heavy atom. The van der Waals surface area contributed by atoms with Gasteiger partial charge in [0, 0.05) is 22.7 Å². The summed E-state index contributed by atoms with van der Waals surface area (Å²) in [5.74, 6) is -1.21. The predicted octanol–water partition coefficient (Wildman–Crippen LogP) is 4.93. The Morgan fingerprint density at radius 1 is 1.28 bits per heavy atom. The Balaban J connectivity index is 1.44. The molecule has 3 heterocycles. The van der Waals surface area contributed by atoms with E-state index in [4.69, 9.17) is 11.6 Å². The van der Waals surface area contributed by atoms with Gasteiger partial charge in [0.05, 0.1) is 40.7 Å². The van der Waals surface area contributed by atoms with Crippen LogP contribution in [-0.2, 0) is 4.79 Å². The number of aromatic amines is 1. The summed E-state index contributed by atoms with van der Waals surface area (Å²) in [5.41, 5.74) is 3.30. The minimum absolute atomic E-state index is 0.0232. The van der Waals surface area contributed by atoms with Crippen molar-refractivity contribution in [2.75, 3.05) is 5.32 Å². The molecule has 0 aliphatic heterocycles. The lowest BCUT2D eigenvalue weighted by molar-refractivity contribution is -0.117. The van der Waals surface area contributed by atoms with Crippen LogP contribution in [0.5, 0.6) is 0 Å². The highest BCUT2D eigenvalue weighted by Crippen LogP contribution is 2.42. The number of fused-ring (bicyclic) bond motifs is 2. The van der Waals surface area contributed by atoms with E-state index in [1.807, 2.05) is 6.08 Å². The predicted molar refractivity (Wildman–Crippen MR) is 117 cm³/mol. The number of carbonyl (C=O) groups excluding carboxylic acids is 1. The topological polar surface area (TPSA) is 88.0 Å². The molecule has 1 fully saturated rings. The largest absolute Gasteiger partial charge is 0.309 e. The minimum Gasteiger partial charge on any atom is -0.309 e. The van der Waals surface area contributed by atoms with E-state index in [2.05, 4.69) is 25.5 Å². The van der Waals surface area contributed by atoms with E-state index < -0.39 is 23.8 Å². The molecule has 3 aromatic heterocycles. The summed E-state index contributed by atoms with van der Waals surface area (Å²) in [6.45, 7) is 0. The van der Waals surface area contributed by atoms with Crippen molar-refractivity contribution in [3.8, 4) is 11.3 Å². The standard InChI is InChI=1S/C22H17ClF2N6O/c23-19-18(12-6-27-30-21(12)17(20(19)25)10-3-1-2-4-10)14-8-31-9-15(28-16(31)7-26-14)29-22(32)11-5-13(11)24/h3,6-9,11,13H,1-2,4-5H2,(H,27,30)(H,29,32). The molecule has 2 atom stereocenters. The van der Waals surface area contributed by atoms with Crippen LogP contribution in [0.2, 0.25) is 5.02 Å². The third-order valence-electron chi connectivity index (χ3n) is 6.05. The molecule has 4 aromatic rings. The Kier molecular flexibility index (Phi) is 4.29. The van der Waals surface area contributed by atoms with E-state index in [0.717, 1.165) is 24.8 Å². The number of carbonyl (C=O) groups is 1. The number of halogens is 3.